The number of thioether (sulfide) groups is 1. The summed E-state index contributed by atoms with van der Waals surface area (Å²) in [4.78, 5) is 4.26. The fourth-order valence-corrected chi connectivity index (χ4v) is 2.01. The first-order valence-electron chi connectivity index (χ1n) is 5.29. The third kappa shape index (κ3) is 2.76. The first-order chi connectivity index (χ1) is 8.20. The number of hydrogen-bond donors (Lipinski definition) is 1. The van der Waals surface area contributed by atoms with Crippen molar-refractivity contribution >= 4 is 17.7 Å². The topological polar surface area (TPSA) is 95.6 Å². The molecule has 0 saturated carbocycles. The molecule has 0 aromatic carbocycles. The molecule has 7 nitrogen and oxygen atoms in total. The first kappa shape index (κ1) is 11.9. The summed E-state index contributed by atoms with van der Waals surface area (Å²) in [6, 6.07) is 0. The molecule has 0 radical (unpaired) electrons. The number of anilines is 1. The Hall–Kier alpha value is -1.57. The Morgan fingerprint density at radius 1 is 1.41 bits per heavy atom. The molecular weight excluding hydrogens is 240 g/mol. The molecule has 8 heteroatoms. The molecule has 0 amide bonds. The molecule has 0 saturated heterocycles. The molecule has 0 aliphatic heterocycles. The van der Waals surface area contributed by atoms with E-state index >= 15 is 0 Å². The van der Waals surface area contributed by atoms with E-state index in [0.717, 1.165) is 23.8 Å². The molecule has 0 atom stereocenters. The molecule has 2 rings (SSSR count). The highest BCUT2D eigenvalue weighted by atomic mass is 32.2. The normalized spacial score (nSPS) is 10.9. The maximum Gasteiger partial charge on any atom is 0.237 e. The number of hydrogen-bond acceptors (Lipinski definition) is 7. The Morgan fingerprint density at radius 3 is 2.88 bits per heavy atom. The molecule has 2 aromatic heterocycles. The van der Waals surface area contributed by atoms with Crippen LogP contribution in [0.15, 0.2) is 9.68 Å². The van der Waals surface area contributed by atoms with Crippen LogP contribution in [0.25, 0.3) is 0 Å². The number of nitrogen functional groups attached to an aromatic ring is 1. The van der Waals surface area contributed by atoms with Crippen LogP contribution in [-0.2, 0) is 19.2 Å². The summed E-state index contributed by atoms with van der Waals surface area (Å²) < 4.78 is 6.83. The van der Waals surface area contributed by atoms with Crippen molar-refractivity contribution in [2.24, 2.45) is 7.05 Å². The van der Waals surface area contributed by atoms with Crippen molar-refractivity contribution in [3.63, 3.8) is 0 Å². The zero-order chi connectivity index (χ0) is 12.3. The van der Waals surface area contributed by atoms with Gasteiger partial charge in [0.25, 0.3) is 0 Å². The number of aryl methyl sites for hydroxylation is 1. The highest BCUT2D eigenvalue weighted by Crippen LogP contribution is 2.20. The van der Waals surface area contributed by atoms with E-state index in [1.807, 2.05) is 7.05 Å². The van der Waals surface area contributed by atoms with E-state index < -0.39 is 0 Å². The van der Waals surface area contributed by atoms with Crippen molar-refractivity contribution < 1.29 is 4.52 Å². The second kappa shape index (κ2) is 5.17. The monoisotopic (exact) mass is 254 g/mol. The van der Waals surface area contributed by atoms with Crippen molar-refractivity contribution in [1.82, 2.24) is 24.9 Å². The third-order valence-electron chi connectivity index (χ3n) is 2.18. The smallest absolute Gasteiger partial charge is 0.237 e. The van der Waals surface area contributed by atoms with Gasteiger partial charge in [-0.15, -0.1) is 10.2 Å². The zero-order valence-corrected chi connectivity index (χ0v) is 10.6. The van der Waals surface area contributed by atoms with Gasteiger partial charge < -0.3 is 10.3 Å². The van der Waals surface area contributed by atoms with Crippen molar-refractivity contribution in [3.8, 4) is 0 Å². The number of nitrogens with two attached hydrogens (primary N) is 1. The Bertz CT molecular complexity index is 493. The summed E-state index contributed by atoms with van der Waals surface area (Å²) in [5.41, 5.74) is 5.58. The second-order valence-corrected chi connectivity index (χ2v) is 4.49. The van der Waals surface area contributed by atoms with Gasteiger partial charge >= 0.3 is 0 Å². The van der Waals surface area contributed by atoms with E-state index in [9.17, 15) is 0 Å². The summed E-state index contributed by atoms with van der Waals surface area (Å²) >= 11 is 1.47. The minimum atomic E-state index is 0.393. The van der Waals surface area contributed by atoms with Crippen molar-refractivity contribution in [2.75, 3.05) is 5.73 Å². The maximum atomic E-state index is 5.58. The Labute approximate surface area is 103 Å². The van der Waals surface area contributed by atoms with Crippen LogP contribution < -0.4 is 5.73 Å². The standard InChI is InChI=1S/C9H14N6OS/c1-3-4-6-11-7(16-14-6)5-17-9-13-12-8(10)15(9)2/h3-5H2,1-2H3,(H2,10,12). The third-order valence-corrected chi connectivity index (χ3v) is 3.18. The average Bonchev–Trinajstić information content (AvgIpc) is 2.87. The van der Waals surface area contributed by atoms with Gasteiger partial charge in [-0.2, -0.15) is 4.98 Å². The van der Waals surface area contributed by atoms with Crippen LogP contribution in [0.1, 0.15) is 25.1 Å². The van der Waals surface area contributed by atoms with Gasteiger partial charge in [0.1, 0.15) is 0 Å². The number of nitrogens with zero attached hydrogens (tertiary/aromatic N) is 5. The molecule has 0 aliphatic carbocycles. The lowest BCUT2D eigenvalue weighted by Gasteiger charge is -1.97. The van der Waals surface area contributed by atoms with Crippen LogP contribution in [0.3, 0.4) is 0 Å². The fraction of sp³-hybridized carbons (Fsp3) is 0.556. The molecule has 0 unspecified atom stereocenters. The predicted molar refractivity (Wildman–Crippen MR) is 63.3 cm³/mol. The average molecular weight is 254 g/mol. The van der Waals surface area contributed by atoms with Crippen LogP contribution in [0.4, 0.5) is 5.95 Å². The largest absolute Gasteiger partial charge is 0.368 e. The van der Waals surface area contributed by atoms with Crippen molar-refractivity contribution in [1.29, 1.82) is 0 Å². The quantitative estimate of drug-likeness (QED) is 0.796. The summed E-state index contributed by atoms with van der Waals surface area (Å²) in [6.07, 6.45) is 1.84. The number of rotatable bonds is 5. The lowest BCUT2D eigenvalue weighted by Crippen LogP contribution is -1.98. The van der Waals surface area contributed by atoms with Gasteiger partial charge in [-0.1, -0.05) is 23.8 Å². The molecule has 0 aliphatic rings. The molecular formula is C9H14N6OS. The molecule has 2 heterocycles. The molecule has 0 bridgehead atoms. The van der Waals surface area contributed by atoms with Gasteiger partial charge in [-0.25, -0.2) is 0 Å². The highest BCUT2D eigenvalue weighted by Gasteiger charge is 2.10. The van der Waals surface area contributed by atoms with E-state index in [0.29, 0.717) is 17.6 Å². The van der Waals surface area contributed by atoms with E-state index in [2.05, 4.69) is 27.3 Å². The summed E-state index contributed by atoms with van der Waals surface area (Å²) in [7, 11) is 1.81. The van der Waals surface area contributed by atoms with Gasteiger partial charge in [0.05, 0.1) is 5.75 Å². The lowest BCUT2D eigenvalue weighted by atomic mass is 10.3. The van der Waals surface area contributed by atoms with Crippen LogP contribution in [0, 0.1) is 0 Å². The van der Waals surface area contributed by atoms with Crippen LogP contribution in [-0.4, -0.2) is 24.9 Å². The summed E-state index contributed by atoms with van der Waals surface area (Å²) in [5.74, 6) is 2.31. The minimum Gasteiger partial charge on any atom is -0.368 e. The van der Waals surface area contributed by atoms with Gasteiger partial charge in [-0.3, -0.25) is 4.57 Å². The van der Waals surface area contributed by atoms with E-state index in [1.165, 1.54) is 11.8 Å². The maximum absolute atomic E-state index is 5.58. The minimum absolute atomic E-state index is 0.393. The van der Waals surface area contributed by atoms with Crippen LogP contribution in [0.5, 0.6) is 0 Å². The molecule has 92 valence electrons. The summed E-state index contributed by atoms with van der Waals surface area (Å²) in [5, 5.41) is 12.3. The van der Waals surface area contributed by atoms with Gasteiger partial charge in [0, 0.05) is 13.5 Å². The van der Waals surface area contributed by atoms with Gasteiger partial charge in [0.2, 0.25) is 11.8 Å². The van der Waals surface area contributed by atoms with E-state index in [4.69, 9.17) is 10.3 Å². The number of aromatic nitrogens is 5. The van der Waals surface area contributed by atoms with Crippen molar-refractivity contribution in [2.45, 2.75) is 30.7 Å². The van der Waals surface area contributed by atoms with Crippen molar-refractivity contribution in [3.05, 3.63) is 11.7 Å². The van der Waals surface area contributed by atoms with Crippen LogP contribution in [0.2, 0.25) is 0 Å². The Morgan fingerprint density at radius 2 is 2.24 bits per heavy atom. The Balaban J connectivity index is 1.95. The fourth-order valence-electron chi connectivity index (χ4n) is 1.25. The predicted octanol–water partition coefficient (Wildman–Crippen LogP) is 1.03. The molecule has 0 fully saturated rings. The summed E-state index contributed by atoms with van der Waals surface area (Å²) in [6.45, 7) is 2.08. The van der Waals surface area contributed by atoms with E-state index in [-0.39, 0.29) is 0 Å². The molecule has 17 heavy (non-hydrogen) atoms. The lowest BCUT2D eigenvalue weighted by molar-refractivity contribution is 0.384. The molecule has 0 spiro atoms. The first-order valence-corrected chi connectivity index (χ1v) is 6.28. The van der Waals surface area contributed by atoms with E-state index in [1.54, 1.807) is 4.57 Å². The molecule has 2 aromatic rings. The van der Waals surface area contributed by atoms with Gasteiger partial charge in [-0.05, 0) is 6.42 Å². The highest BCUT2D eigenvalue weighted by molar-refractivity contribution is 7.98. The Kier molecular flexibility index (Phi) is 3.62. The van der Waals surface area contributed by atoms with Crippen LogP contribution >= 0.6 is 11.8 Å². The van der Waals surface area contributed by atoms with Gasteiger partial charge in [0.15, 0.2) is 11.0 Å². The second-order valence-electron chi connectivity index (χ2n) is 3.54. The zero-order valence-electron chi connectivity index (χ0n) is 9.75. The molecule has 2 N–H and O–H groups in total. The SMILES string of the molecule is CCCc1noc(CSc2nnc(N)n2C)n1.